The Morgan fingerprint density at radius 2 is 0.529 bits per heavy atom. The molecular formula is C48H34N2Se. The standard InChI is InChI=1S/C48H34N2Se/c1-4-18-37(19-5-1)51(38-20-6-2-7-21-38,39-22-8-3-9-23-39)40-33-35(49-45-28-14-10-24-41(45)42-25-11-15-29-46(42)49)32-36(34-40)50-47-30-16-12-26-43(47)44-27-13-17-31-48(44)50/h1-34H. The van der Waals surface area contributed by atoms with Crippen molar-refractivity contribution >= 4 is 74.3 Å². The van der Waals surface area contributed by atoms with Crippen LogP contribution in [0.15, 0.2) is 206 Å². The second-order valence-electron chi connectivity index (χ2n) is 13.0. The topological polar surface area (TPSA) is 9.86 Å². The van der Waals surface area contributed by atoms with Crippen LogP contribution in [0, 0.1) is 0 Å². The van der Waals surface area contributed by atoms with E-state index in [0.717, 1.165) is 11.4 Å². The fraction of sp³-hybridized carbons (Fsp3) is 0. The van der Waals surface area contributed by atoms with Gasteiger partial charge in [-0.1, -0.05) is 0 Å². The molecule has 0 atom stereocenters. The predicted octanol–water partition coefficient (Wildman–Crippen LogP) is 9.26. The van der Waals surface area contributed by atoms with Crippen molar-refractivity contribution in [3.05, 3.63) is 206 Å². The van der Waals surface area contributed by atoms with Crippen LogP contribution in [0.4, 0.5) is 0 Å². The monoisotopic (exact) mass is 718 g/mol. The third kappa shape index (κ3) is 4.56. The van der Waals surface area contributed by atoms with E-state index < -0.39 is 12.8 Å². The van der Waals surface area contributed by atoms with E-state index in [2.05, 4.69) is 215 Å². The van der Waals surface area contributed by atoms with Crippen molar-refractivity contribution in [3.63, 3.8) is 0 Å². The Morgan fingerprint density at radius 3 is 0.843 bits per heavy atom. The summed E-state index contributed by atoms with van der Waals surface area (Å²) in [5.41, 5.74) is 7.14. The third-order valence-electron chi connectivity index (χ3n) is 10.2. The van der Waals surface area contributed by atoms with Crippen molar-refractivity contribution in [2.45, 2.75) is 0 Å². The molecule has 2 aromatic heterocycles. The summed E-state index contributed by atoms with van der Waals surface area (Å²) in [4.78, 5) is 0. The van der Waals surface area contributed by atoms with Crippen molar-refractivity contribution < 1.29 is 0 Å². The summed E-state index contributed by atoms with van der Waals surface area (Å²) >= 11 is -3.17. The summed E-state index contributed by atoms with van der Waals surface area (Å²) in [6.07, 6.45) is 0. The van der Waals surface area contributed by atoms with Crippen LogP contribution in [0.5, 0.6) is 0 Å². The molecule has 242 valence electrons. The molecule has 0 aliphatic rings. The number of hydrogen-bond donors (Lipinski definition) is 0. The number of para-hydroxylation sites is 4. The van der Waals surface area contributed by atoms with Crippen LogP contribution in [0.2, 0.25) is 0 Å². The predicted molar refractivity (Wildman–Crippen MR) is 219 cm³/mol. The molecule has 10 rings (SSSR count). The number of hydrogen-bond acceptors (Lipinski definition) is 0. The fourth-order valence-electron chi connectivity index (χ4n) is 8.09. The number of aromatic nitrogens is 2. The minimum atomic E-state index is -3.17. The molecule has 0 spiro atoms. The van der Waals surface area contributed by atoms with Crippen LogP contribution >= 0.6 is 0 Å². The van der Waals surface area contributed by atoms with Gasteiger partial charge in [0.1, 0.15) is 0 Å². The Kier molecular flexibility index (Phi) is 7.02. The number of rotatable bonds is 6. The first kappa shape index (κ1) is 29.8. The molecule has 0 N–H and O–H groups in total. The zero-order valence-electron chi connectivity index (χ0n) is 27.9. The van der Waals surface area contributed by atoms with E-state index in [1.807, 2.05) is 0 Å². The van der Waals surface area contributed by atoms with Gasteiger partial charge >= 0.3 is 301 Å². The maximum absolute atomic E-state index is 3.17. The summed E-state index contributed by atoms with van der Waals surface area (Å²) in [6.45, 7) is 0. The molecule has 0 saturated carbocycles. The molecule has 2 nitrogen and oxygen atoms in total. The molecule has 0 radical (unpaired) electrons. The Hall–Kier alpha value is -6.12. The van der Waals surface area contributed by atoms with E-state index in [-0.39, 0.29) is 0 Å². The van der Waals surface area contributed by atoms with E-state index in [4.69, 9.17) is 0 Å². The summed E-state index contributed by atoms with van der Waals surface area (Å²) in [6, 6.07) is 76.5. The van der Waals surface area contributed by atoms with Crippen molar-refractivity contribution in [3.8, 4) is 11.4 Å². The Bertz CT molecular complexity index is 2520. The van der Waals surface area contributed by atoms with Crippen LogP contribution in [-0.4, -0.2) is 22.0 Å². The van der Waals surface area contributed by atoms with Crippen LogP contribution in [0.3, 0.4) is 0 Å². The Balaban J connectivity index is 1.41. The molecule has 0 amide bonds. The Morgan fingerprint density at radius 1 is 0.255 bits per heavy atom. The second kappa shape index (κ2) is 12.0. The molecule has 0 saturated heterocycles. The van der Waals surface area contributed by atoms with Crippen molar-refractivity contribution in [2.24, 2.45) is 0 Å². The van der Waals surface area contributed by atoms with Gasteiger partial charge in [-0.3, -0.25) is 0 Å². The van der Waals surface area contributed by atoms with Crippen molar-refractivity contribution in [1.82, 2.24) is 9.13 Å². The minimum absolute atomic E-state index is 1.16. The molecule has 0 aliphatic heterocycles. The van der Waals surface area contributed by atoms with Crippen LogP contribution < -0.4 is 17.8 Å². The van der Waals surface area contributed by atoms with Crippen LogP contribution in [0.1, 0.15) is 0 Å². The first-order valence-electron chi connectivity index (χ1n) is 17.4. The van der Waals surface area contributed by atoms with E-state index >= 15 is 0 Å². The van der Waals surface area contributed by atoms with E-state index in [1.54, 1.807) is 0 Å². The molecule has 0 fully saturated rings. The van der Waals surface area contributed by atoms with Crippen molar-refractivity contribution in [1.29, 1.82) is 0 Å². The summed E-state index contributed by atoms with van der Waals surface area (Å²) in [7, 11) is 0. The van der Waals surface area contributed by atoms with Gasteiger partial charge in [-0.05, 0) is 0 Å². The average molecular weight is 718 g/mol. The zero-order chi connectivity index (χ0) is 33.8. The summed E-state index contributed by atoms with van der Waals surface area (Å²) < 4.78 is 10.4. The molecule has 10 aromatic rings. The first-order valence-corrected chi connectivity index (χ1v) is 20.9. The number of nitrogens with zero attached hydrogens (tertiary/aromatic N) is 2. The van der Waals surface area contributed by atoms with Crippen LogP contribution in [-0.2, 0) is 0 Å². The molecule has 0 bridgehead atoms. The summed E-state index contributed by atoms with van der Waals surface area (Å²) in [5, 5.41) is 5.04. The molecule has 8 aromatic carbocycles. The second-order valence-corrected chi connectivity index (χ2v) is 19.5. The molecule has 0 unspecified atom stereocenters. The molecule has 3 heteroatoms. The van der Waals surface area contributed by atoms with Crippen molar-refractivity contribution in [2.75, 3.05) is 0 Å². The molecular weight excluding hydrogens is 684 g/mol. The fourth-order valence-corrected chi connectivity index (χ4v) is 16.3. The third-order valence-corrected chi connectivity index (χ3v) is 18.3. The average Bonchev–Trinajstić information content (AvgIpc) is 3.73. The maximum atomic E-state index is 2.50. The zero-order valence-corrected chi connectivity index (χ0v) is 29.6. The molecule has 0 aliphatic carbocycles. The van der Waals surface area contributed by atoms with Gasteiger partial charge in [0.25, 0.3) is 0 Å². The van der Waals surface area contributed by atoms with Gasteiger partial charge < -0.3 is 0 Å². The van der Waals surface area contributed by atoms with E-state index in [9.17, 15) is 0 Å². The molecule has 2 heterocycles. The van der Waals surface area contributed by atoms with Gasteiger partial charge in [0.2, 0.25) is 0 Å². The first-order chi connectivity index (χ1) is 25.3. The van der Waals surface area contributed by atoms with Gasteiger partial charge in [-0.2, -0.15) is 0 Å². The van der Waals surface area contributed by atoms with Gasteiger partial charge in [0.05, 0.1) is 0 Å². The van der Waals surface area contributed by atoms with E-state index in [0.29, 0.717) is 0 Å². The normalized spacial score (nSPS) is 12.2. The van der Waals surface area contributed by atoms with E-state index in [1.165, 1.54) is 61.5 Å². The van der Waals surface area contributed by atoms with Gasteiger partial charge in [0.15, 0.2) is 0 Å². The number of benzene rings is 8. The van der Waals surface area contributed by atoms with Gasteiger partial charge in [-0.15, -0.1) is 0 Å². The SMILES string of the molecule is c1ccc([Se](c2ccccc2)(c2ccccc2)c2cc(-n3c4ccccc4c4ccccc43)cc(-n3c4ccccc4c4ccccc43)c2)cc1. The summed E-state index contributed by atoms with van der Waals surface area (Å²) in [5.74, 6) is 0. The number of fused-ring (bicyclic) bond motifs is 6. The van der Waals surface area contributed by atoms with Crippen LogP contribution in [0.25, 0.3) is 55.0 Å². The quantitative estimate of drug-likeness (QED) is 0.152. The van der Waals surface area contributed by atoms with Gasteiger partial charge in [0, 0.05) is 0 Å². The van der Waals surface area contributed by atoms with Gasteiger partial charge in [-0.25, -0.2) is 0 Å². The molecule has 51 heavy (non-hydrogen) atoms. The Labute approximate surface area is 299 Å².